The summed E-state index contributed by atoms with van der Waals surface area (Å²) in [6.45, 7) is -0.268. The van der Waals surface area contributed by atoms with Crippen LogP contribution in [0.15, 0.2) is 240 Å². The van der Waals surface area contributed by atoms with Crippen molar-refractivity contribution < 1.29 is 89.7 Å². The number of carboxylic acids is 2. The number of nitrogens with two attached hydrogens (primary N) is 1. The number of aliphatic carboxylic acids is 1. The fraction of sp³-hybridized carbons (Fsp3) is 0.162. The van der Waals surface area contributed by atoms with Gasteiger partial charge < -0.3 is 76.3 Å². The molecule has 0 spiro atoms. The number of aromatic amines is 1. The number of hydrogen-bond acceptors (Lipinski definition) is 28. The summed E-state index contributed by atoms with van der Waals surface area (Å²) in [5.41, 5.74) is 6.14. The molecular formula is C74H65BrN6O29. The van der Waals surface area contributed by atoms with E-state index in [1.165, 1.54) is 131 Å². The zero-order valence-electron chi connectivity index (χ0n) is 58.9. The van der Waals surface area contributed by atoms with Gasteiger partial charge in [0.05, 0.1) is 81.4 Å². The molecule has 0 saturated heterocycles. The molecule has 8 aromatic carbocycles. The number of aryl methyl sites for hydroxylation is 4. The number of rotatable bonds is 15. The monoisotopic (exact) mass is 1580 g/mol. The molecule has 35 nitrogen and oxygen atoms in total. The van der Waals surface area contributed by atoms with Gasteiger partial charge in [0.1, 0.15) is 53.0 Å². The maximum Gasteiger partial charge on any atom is 0.422 e. The van der Waals surface area contributed by atoms with Gasteiger partial charge in [-0.1, -0.05) is 76.6 Å². The highest BCUT2D eigenvalue weighted by molar-refractivity contribution is 9.09. The molecule has 0 atom stereocenters. The second kappa shape index (κ2) is 39.0. The molecule has 0 radical (unpaired) electrons. The molecule has 110 heavy (non-hydrogen) atoms. The number of anilines is 1. The summed E-state index contributed by atoms with van der Waals surface area (Å²) < 4.78 is 62.3. The van der Waals surface area contributed by atoms with Crippen LogP contribution >= 0.6 is 15.9 Å². The molecule has 0 bridgehead atoms. The number of carbonyl (C=O) groups excluding carboxylic acids is 2. The molecule has 5 aromatic heterocycles. The summed E-state index contributed by atoms with van der Waals surface area (Å²) >= 11 is 3.01. The number of phenolic OH excluding ortho intramolecular Hbond substituents is 1. The molecule has 0 fully saturated rings. The lowest BCUT2D eigenvalue weighted by Crippen LogP contribution is -2.22. The lowest BCUT2D eigenvalue weighted by Gasteiger charge is -2.09. The predicted octanol–water partition coefficient (Wildman–Crippen LogP) is 5.86. The van der Waals surface area contributed by atoms with Gasteiger partial charge in [-0.25, -0.2) is 62.3 Å². The van der Waals surface area contributed by atoms with E-state index in [0.29, 0.717) is 68.0 Å². The van der Waals surface area contributed by atoms with E-state index < -0.39 is 81.4 Å². The molecule has 0 saturated carbocycles. The number of halogens is 1. The number of nitrogens with one attached hydrogen (secondary N) is 1. The van der Waals surface area contributed by atoms with Crippen LogP contribution in [0.5, 0.6) is 34.5 Å². The summed E-state index contributed by atoms with van der Waals surface area (Å²) in [7, 11) is 10.4. The number of esters is 2. The van der Waals surface area contributed by atoms with Gasteiger partial charge in [0.15, 0.2) is 13.2 Å². The number of benzene rings is 8. The third-order valence-electron chi connectivity index (χ3n) is 14.9. The van der Waals surface area contributed by atoms with Crippen molar-refractivity contribution in [2.24, 2.45) is 28.2 Å². The molecule has 0 amide bonds. The molecule has 6 N–H and O–H groups in total. The Balaban J connectivity index is 0.000000181. The van der Waals surface area contributed by atoms with Gasteiger partial charge in [0.2, 0.25) is 0 Å². The fourth-order valence-electron chi connectivity index (χ4n) is 9.28. The number of phenols is 1. The number of nitrogens with zero attached hydrogens (tertiary/aromatic N) is 4. The van der Waals surface area contributed by atoms with Crippen LogP contribution < -0.4 is 86.3 Å². The van der Waals surface area contributed by atoms with E-state index in [0.717, 1.165) is 20.3 Å². The van der Waals surface area contributed by atoms with E-state index >= 15 is 0 Å². The molecule has 13 rings (SSSR count). The fourth-order valence-corrected chi connectivity index (χ4v) is 9.44. The lowest BCUT2D eigenvalue weighted by atomic mass is 10.2. The molecule has 0 aliphatic heterocycles. The third-order valence-corrected chi connectivity index (χ3v) is 15.4. The molecule has 13 aromatic rings. The Hall–Kier alpha value is -14.6. The number of H-pyrrole nitrogens is 1. The van der Waals surface area contributed by atoms with Crippen molar-refractivity contribution >= 4 is 100 Å². The van der Waals surface area contributed by atoms with Crippen LogP contribution in [0.1, 0.15) is 21.5 Å². The van der Waals surface area contributed by atoms with Gasteiger partial charge in [0.25, 0.3) is 0 Å². The zero-order valence-corrected chi connectivity index (χ0v) is 60.5. The molecule has 572 valence electrons. The number of hydrogen-bond donors (Lipinski definition) is 5. The Morgan fingerprint density at radius 1 is 0.427 bits per heavy atom. The summed E-state index contributed by atoms with van der Waals surface area (Å²) in [6, 6.07) is 45.8. The van der Waals surface area contributed by atoms with Crippen LogP contribution in [0.3, 0.4) is 0 Å². The number of alkyl halides is 1. The first-order chi connectivity index (χ1) is 52.4. The first kappa shape index (κ1) is 82.7. The SMILES string of the molecule is COc1ccc(C(=O)O)c(N)c1.COc1ccc2c(=O)oc(=O)[nH]c2c1.COc1ccc2c(=O)oc(=O)n(C)c2c1.Cn1c(=O)oc(=O)c2ccc(O)cc21.Cn1c(=O)oc(=O)c2ccc(OCC(=O)O)cc21.Cn1c(=O)oc(=O)c2ccc(OCC(=O)OCc3ccccc3)cc21.O=C(CBr)OCc1ccccc1. The molecule has 5 heterocycles. The standard InChI is InChI=1S/C18H15NO6.C11H9NO6.C10H9NO4.C9H9BrO2.2C9H7NO4.C8H9NO3/c1-19-15-9-13(7-8-14(15)17(21)25-18(19)22)23-11-16(20)24-10-12-5-3-2-4-6-12;1-12-8-4-6(17-5-9(13)14)2-3-7(8)10(15)18-11(12)16;1-11-8-5-6(14-2)3-4-7(8)9(12)15-10(11)13;10-6-9(11)12-7-8-4-2-1-3-5-8;1-13-5-2-3-6-7(4-5)10-9(12)14-8(6)11;1-10-7-4-5(11)2-3-6(7)8(12)14-9(10)13;1-12-5-2-3-6(8(10)11)7(9)4-5/h2-9H,10-11H2,1H3;2-4H,5H2,1H3,(H,13,14);3-5H,1-2H3;1-5H,6-7H2;2-4H,1H3,(H,10,12);2-4,11H,1H3;2-4H,9H2,1H3,(H,10,11). The number of nitrogen functional groups attached to an aromatic ring is 1. The minimum atomic E-state index is -1.11. The number of carbonyl (C=O) groups is 4. The maximum atomic E-state index is 11.8. The predicted molar refractivity (Wildman–Crippen MR) is 398 cm³/mol. The minimum Gasteiger partial charge on any atom is -0.508 e. The van der Waals surface area contributed by atoms with Crippen LogP contribution in [0, 0.1) is 0 Å². The van der Waals surface area contributed by atoms with Crippen molar-refractivity contribution in [3.63, 3.8) is 0 Å². The zero-order chi connectivity index (χ0) is 80.5. The molecular weight excluding hydrogens is 1520 g/mol. The Labute approximate surface area is 623 Å². The van der Waals surface area contributed by atoms with Gasteiger partial charge >= 0.3 is 80.8 Å². The van der Waals surface area contributed by atoms with Crippen molar-refractivity contribution in [1.82, 2.24) is 23.3 Å². The Bertz CT molecular complexity index is 6150. The van der Waals surface area contributed by atoms with Crippen molar-refractivity contribution in [3.8, 4) is 34.5 Å². The van der Waals surface area contributed by atoms with Crippen LogP contribution in [0.2, 0.25) is 0 Å². The normalized spacial score (nSPS) is 10.3. The van der Waals surface area contributed by atoms with E-state index in [1.54, 1.807) is 36.4 Å². The number of aromatic carboxylic acids is 1. The summed E-state index contributed by atoms with van der Waals surface area (Å²) in [4.78, 5) is 158. The van der Waals surface area contributed by atoms with Crippen molar-refractivity contribution in [1.29, 1.82) is 0 Å². The van der Waals surface area contributed by atoms with Gasteiger partial charge in [-0.2, -0.15) is 0 Å². The molecule has 36 heteroatoms. The summed E-state index contributed by atoms with van der Waals surface area (Å²) in [5, 5.41) is 28.0. The Kier molecular flexibility index (Phi) is 29.3. The number of carboxylic acid groups (broad SMARTS) is 2. The largest absolute Gasteiger partial charge is 0.508 e. The maximum absolute atomic E-state index is 11.8. The van der Waals surface area contributed by atoms with Crippen molar-refractivity contribution in [2.75, 3.05) is 45.6 Å². The minimum absolute atomic E-state index is 0.00176. The highest BCUT2D eigenvalue weighted by atomic mass is 79.9. The van der Waals surface area contributed by atoms with E-state index in [1.807, 2.05) is 60.7 Å². The highest BCUT2D eigenvalue weighted by Gasteiger charge is 2.14. The summed E-state index contributed by atoms with van der Waals surface area (Å²) in [6.07, 6.45) is 0. The molecule has 0 aliphatic carbocycles. The smallest absolute Gasteiger partial charge is 0.422 e. The van der Waals surface area contributed by atoms with Crippen LogP contribution in [-0.2, 0) is 65.3 Å². The second-order valence-electron chi connectivity index (χ2n) is 22.2. The second-order valence-corrected chi connectivity index (χ2v) is 22.7. The average molecular weight is 1580 g/mol. The van der Waals surface area contributed by atoms with Crippen molar-refractivity contribution in [2.45, 2.75) is 13.2 Å². The van der Waals surface area contributed by atoms with Gasteiger partial charge in [-0.15, -0.1) is 0 Å². The number of ether oxygens (including phenoxy) is 7. The molecule has 0 aliphatic rings. The number of methoxy groups -OCH3 is 3. The summed E-state index contributed by atoms with van der Waals surface area (Å²) in [5.74, 6) is -4.35. The number of aromatic nitrogens is 5. The van der Waals surface area contributed by atoms with E-state index in [2.05, 4.69) is 43.0 Å². The topological polar surface area (TPSA) is 492 Å². The van der Waals surface area contributed by atoms with Crippen LogP contribution in [-0.4, -0.2) is 102 Å². The third kappa shape index (κ3) is 22.7. The Morgan fingerprint density at radius 3 is 1.19 bits per heavy atom. The first-order valence-corrected chi connectivity index (χ1v) is 32.7. The van der Waals surface area contributed by atoms with Gasteiger partial charge in [0, 0.05) is 70.3 Å². The van der Waals surface area contributed by atoms with E-state index in [4.69, 9.17) is 49.1 Å². The number of aromatic hydroxyl groups is 1. The first-order valence-electron chi connectivity index (χ1n) is 31.5. The average Bonchev–Trinajstić information content (AvgIpc) is 0.805. The van der Waals surface area contributed by atoms with E-state index in [9.17, 15) is 72.2 Å². The highest BCUT2D eigenvalue weighted by Crippen LogP contribution is 2.22. The van der Waals surface area contributed by atoms with Crippen LogP contribution in [0.4, 0.5) is 5.69 Å². The van der Waals surface area contributed by atoms with Crippen LogP contribution in [0.25, 0.3) is 54.5 Å². The van der Waals surface area contributed by atoms with E-state index in [-0.39, 0.29) is 63.4 Å². The number of fused-ring (bicyclic) bond motifs is 5. The van der Waals surface area contributed by atoms with Gasteiger partial charge in [-0.3, -0.25) is 28.0 Å². The lowest BCUT2D eigenvalue weighted by molar-refractivity contribution is -0.147. The Morgan fingerprint density at radius 2 is 0.782 bits per heavy atom. The quantitative estimate of drug-likeness (QED) is 0.0456. The van der Waals surface area contributed by atoms with Gasteiger partial charge in [-0.05, 0) is 83.9 Å². The molecule has 0 unspecified atom stereocenters. The van der Waals surface area contributed by atoms with Crippen molar-refractivity contribution in [3.05, 3.63) is 291 Å².